The smallest absolute Gasteiger partial charge is 0.306 e. The number of ether oxygens (including phenoxy) is 4. The normalized spacial score (nSPS) is 19.2. The van der Waals surface area contributed by atoms with Gasteiger partial charge in [0.15, 0.2) is 12.4 Å². The van der Waals surface area contributed by atoms with Gasteiger partial charge in [-0.25, -0.2) is 0 Å². The molecule has 0 radical (unpaired) electrons. The van der Waals surface area contributed by atoms with Crippen molar-refractivity contribution in [1.82, 2.24) is 0 Å². The number of aliphatic hydroxyl groups is 3. The van der Waals surface area contributed by atoms with E-state index in [2.05, 4.69) is 26.0 Å². The zero-order valence-electron chi connectivity index (χ0n) is 43.5. The number of hydrogen-bond acceptors (Lipinski definition) is 11. The van der Waals surface area contributed by atoms with Crippen LogP contribution in [-0.4, -0.2) is 96.0 Å². The second kappa shape index (κ2) is 45.3. The summed E-state index contributed by atoms with van der Waals surface area (Å²) in [5.41, 5.74) is 0. The SMILES string of the molecule is CCCCCCCC/C=C/CCCCCCCCCC(=O)O[C@H](COC(=O)CCCCCCCCCCCCCCCCCCCCCCCCC)CO[C@H]1O[C@H](CS(=O)(=O)O)[C@@H](O)C(O)C1O. The highest BCUT2D eigenvalue weighted by Gasteiger charge is 2.46. The van der Waals surface area contributed by atoms with Gasteiger partial charge in [0.05, 0.1) is 6.61 Å². The third-order valence-electron chi connectivity index (χ3n) is 13.3. The highest BCUT2D eigenvalue weighted by Crippen LogP contribution is 2.24. The lowest BCUT2D eigenvalue weighted by Gasteiger charge is -2.40. The minimum atomic E-state index is -4.60. The first kappa shape index (κ1) is 64.4. The van der Waals surface area contributed by atoms with Crippen LogP contribution in [0.1, 0.15) is 271 Å². The molecule has 68 heavy (non-hydrogen) atoms. The number of hydrogen-bond donors (Lipinski definition) is 4. The van der Waals surface area contributed by atoms with E-state index in [4.69, 9.17) is 18.9 Å². The Labute approximate surface area is 416 Å². The van der Waals surface area contributed by atoms with Crippen molar-refractivity contribution in [2.45, 2.75) is 307 Å². The Balaban J connectivity index is 2.30. The molecule has 1 aliphatic rings. The Morgan fingerprint density at radius 3 is 1.22 bits per heavy atom. The Hall–Kier alpha value is -1.61. The molecule has 0 aromatic heterocycles. The summed E-state index contributed by atoms with van der Waals surface area (Å²) in [6.45, 7) is 3.81. The minimum Gasteiger partial charge on any atom is -0.462 e. The Morgan fingerprint density at radius 1 is 0.485 bits per heavy atom. The fourth-order valence-corrected chi connectivity index (χ4v) is 9.66. The standard InChI is InChI=1S/C55H104O12S/c1-3-5-7-9-11-13-15-17-19-21-22-23-24-25-26-28-29-31-33-35-37-39-41-43-50(56)64-45-48(46-65-55-54(60)53(59)52(58)49(67-55)47-68(61,62)63)66-51(57)44-42-40-38-36-34-32-30-27-20-18-16-14-12-10-8-6-4-2/h18,20,48-49,52-55,58-60H,3-17,19,21-47H2,1-2H3,(H,61,62,63)/b20-18+/t48-,49-,52-,53?,54?,55+/m1/s1. The van der Waals surface area contributed by atoms with Crippen molar-refractivity contribution >= 4 is 22.1 Å². The van der Waals surface area contributed by atoms with Gasteiger partial charge in [0.2, 0.25) is 0 Å². The number of carbonyl (C=O) groups excluding carboxylic acids is 2. The van der Waals surface area contributed by atoms with Crippen molar-refractivity contribution in [2.24, 2.45) is 0 Å². The van der Waals surface area contributed by atoms with Crippen LogP contribution >= 0.6 is 0 Å². The van der Waals surface area contributed by atoms with E-state index in [1.54, 1.807) is 0 Å². The average molecular weight is 989 g/mol. The van der Waals surface area contributed by atoms with Crippen LogP contribution in [0.4, 0.5) is 0 Å². The number of carbonyl (C=O) groups is 2. The molecule has 0 saturated carbocycles. The predicted octanol–water partition coefficient (Wildman–Crippen LogP) is 13.4. The lowest BCUT2D eigenvalue weighted by molar-refractivity contribution is -0.297. The lowest BCUT2D eigenvalue weighted by atomic mass is 10.00. The van der Waals surface area contributed by atoms with E-state index < -0.39 is 71.2 Å². The zero-order chi connectivity index (χ0) is 49.8. The monoisotopic (exact) mass is 989 g/mol. The molecule has 0 aromatic carbocycles. The van der Waals surface area contributed by atoms with Gasteiger partial charge in [-0.3, -0.25) is 14.1 Å². The first-order chi connectivity index (χ1) is 33.0. The van der Waals surface area contributed by atoms with Crippen LogP contribution in [0.5, 0.6) is 0 Å². The molecule has 4 N–H and O–H groups in total. The molecule has 1 fully saturated rings. The summed E-state index contributed by atoms with van der Waals surface area (Å²) in [6.07, 6.45) is 42.6. The number of aliphatic hydroxyl groups excluding tert-OH is 3. The molecule has 1 heterocycles. The van der Waals surface area contributed by atoms with Gasteiger partial charge in [-0.05, 0) is 38.5 Å². The minimum absolute atomic E-state index is 0.164. The Kier molecular flexibility index (Phi) is 42.9. The van der Waals surface area contributed by atoms with Gasteiger partial charge in [0.1, 0.15) is 36.8 Å². The van der Waals surface area contributed by atoms with Gasteiger partial charge in [-0.2, -0.15) is 8.42 Å². The molecule has 2 unspecified atom stereocenters. The molecule has 1 rings (SSSR count). The molecule has 1 aliphatic heterocycles. The van der Waals surface area contributed by atoms with Crippen LogP contribution in [0.15, 0.2) is 12.2 Å². The lowest BCUT2D eigenvalue weighted by Crippen LogP contribution is -2.60. The van der Waals surface area contributed by atoms with E-state index in [0.29, 0.717) is 12.8 Å². The summed E-state index contributed by atoms with van der Waals surface area (Å²) in [4.78, 5) is 25.6. The fraction of sp³-hybridized carbons (Fsp3) is 0.927. The Morgan fingerprint density at radius 2 is 0.838 bits per heavy atom. The maximum absolute atomic E-state index is 12.9. The maximum Gasteiger partial charge on any atom is 0.306 e. The molecule has 402 valence electrons. The van der Waals surface area contributed by atoms with Crippen LogP contribution in [0.25, 0.3) is 0 Å². The fourth-order valence-electron chi connectivity index (χ4n) is 8.97. The molecular weight excluding hydrogens is 885 g/mol. The van der Waals surface area contributed by atoms with E-state index >= 15 is 0 Å². The van der Waals surface area contributed by atoms with Crippen LogP contribution in [0.2, 0.25) is 0 Å². The van der Waals surface area contributed by atoms with Crippen molar-refractivity contribution in [2.75, 3.05) is 19.0 Å². The highest BCUT2D eigenvalue weighted by atomic mass is 32.2. The summed E-state index contributed by atoms with van der Waals surface area (Å²) >= 11 is 0. The third kappa shape index (κ3) is 39.1. The van der Waals surface area contributed by atoms with Crippen LogP contribution in [0.3, 0.4) is 0 Å². The number of rotatable bonds is 49. The van der Waals surface area contributed by atoms with Crippen LogP contribution < -0.4 is 0 Å². The molecular formula is C55H104O12S. The molecule has 12 nitrogen and oxygen atoms in total. The number of allylic oxidation sites excluding steroid dienone is 2. The first-order valence-electron chi connectivity index (χ1n) is 28.2. The van der Waals surface area contributed by atoms with Gasteiger partial charge in [-0.15, -0.1) is 0 Å². The maximum atomic E-state index is 12.9. The van der Waals surface area contributed by atoms with Gasteiger partial charge < -0.3 is 34.3 Å². The van der Waals surface area contributed by atoms with Gasteiger partial charge >= 0.3 is 11.9 Å². The molecule has 0 bridgehead atoms. The van der Waals surface area contributed by atoms with Crippen LogP contribution in [0, 0.1) is 0 Å². The first-order valence-corrected chi connectivity index (χ1v) is 29.9. The van der Waals surface area contributed by atoms with Crippen molar-refractivity contribution in [3.63, 3.8) is 0 Å². The predicted molar refractivity (Wildman–Crippen MR) is 275 cm³/mol. The summed E-state index contributed by atoms with van der Waals surface area (Å²) in [5, 5.41) is 31.0. The Bertz CT molecular complexity index is 1300. The topological polar surface area (TPSA) is 186 Å². The molecule has 6 atom stereocenters. The van der Waals surface area contributed by atoms with E-state index in [-0.39, 0.29) is 19.4 Å². The molecule has 0 amide bonds. The molecule has 0 aromatic rings. The quantitative estimate of drug-likeness (QED) is 0.0196. The second-order valence-electron chi connectivity index (χ2n) is 20.0. The molecule has 13 heteroatoms. The van der Waals surface area contributed by atoms with Crippen molar-refractivity contribution in [3.05, 3.63) is 12.2 Å². The second-order valence-corrected chi connectivity index (χ2v) is 21.5. The third-order valence-corrected chi connectivity index (χ3v) is 14.1. The summed E-state index contributed by atoms with van der Waals surface area (Å²) in [5.74, 6) is -1.97. The van der Waals surface area contributed by atoms with Crippen molar-refractivity contribution < 1.29 is 56.8 Å². The average Bonchev–Trinajstić information content (AvgIpc) is 3.31. The van der Waals surface area contributed by atoms with Crippen molar-refractivity contribution in [1.29, 1.82) is 0 Å². The largest absolute Gasteiger partial charge is 0.462 e. The van der Waals surface area contributed by atoms with Crippen LogP contribution in [-0.2, 0) is 38.7 Å². The molecule has 1 saturated heterocycles. The van der Waals surface area contributed by atoms with Gasteiger partial charge in [0.25, 0.3) is 10.1 Å². The number of unbranched alkanes of at least 4 members (excludes halogenated alkanes) is 35. The van der Waals surface area contributed by atoms with Gasteiger partial charge in [0, 0.05) is 12.8 Å². The summed E-state index contributed by atoms with van der Waals surface area (Å²) in [6, 6.07) is 0. The zero-order valence-corrected chi connectivity index (χ0v) is 44.3. The summed E-state index contributed by atoms with van der Waals surface area (Å²) in [7, 11) is -4.60. The number of esters is 2. The molecule has 0 spiro atoms. The highest BCUT2D eigenvalue weighted by molar-refractivity contribution is 7.85. The van der Waals surface area contributed by atoms with E-state index in [1.807, 2.05) is 0 Å². The molecule has 0 aliphatic carbocycles. The van der Waals surface area contributed by atoms with E-state index in [0.717, 1.165) is 51.4 Å². The van der Waals surface area contributed by atoms with Gasteiger partial charge in [-0.1, -0.05) is 231 Å². The summed E-state index contributed by atoms with van der Waals surface area (Å²) < 4.78 is 54.3. The van der Waals surface area contributed by atoms with Crippen molar-refractivity contribution in [3.8, 4) is 0 Å². The van der Waals surface area contributed by atoms with E-state index in [1.165, 1.54) is 180 Å². The van der Waals surface area contributed by atoms with E-state index in [9.17, 15) is 37.9 Å².